The van der Waals surface area contributed by atoms with Crippen LogP contribution >= 0.6 is 0 Å². The van der Waals surface area contributed by atoms with Crippen LogP contribution in [-0.4, -0.2) is 48.3 Å². The summed E-state index contributed by atoms with van der Waals surface area (Å²) < 4.78 is 12.1. The van der Waals surface area contributed by atoms with Gasteiger partial charge in [0.15, 0.2) is 0 Å². The van der Waals surface area contributed by atoms with Crippen LogP contribution in [0.25, 0.3) is 0 Å². The molecule has 1 aromatic rings. The minimum atomic E-state index is -0.117. The van der Waals surface area contributed by atoms with Crippen LogP contribution < -0.4 is 4.90 Å². The Hall–Kier alpha value is -1.10. The fourth-order valence-electron chi connectivity index (χ4n) is 1.27. The van der Waals surface area contributed by atoms with Crippen LogP contribution in [0.5, 0.6) is 0 Å². The summed E-state index contributed by atoms with van der Waals surface area (Å²) >= 11 is 0. The van der Waals surface area contributed by atoms with Crippen molar-refractivity contribution in [2.45, 2.75) is 0 Å². The van der Waals surface area contributed by atoms with E-state index in [0.29, 0.717) is 6.01 Å². The zero-order valence-corrected chi connectivity index (χ0v) is 7.03. The topological polar surface area (TPSA) is 45.4 Å². The fraction of sp³-hybridized carbons (Fsp3) is 0.714. The summed E-state index contributed by atoms with van der Waals surface area (Å²) in [4.78, 5) is 4.25. The van der Waals surface area contributed by atoms with Crippen molar-refractivity contribution in [3.63, 3.8) is 0 Å². The van der Waals surface area contributed by atoms with Gasteiger partial charge in [0.1, 0.15) is 1.37 Å². The molecule has 5 nitrogen and oxygen atoms in total. The molecule has 0 aromatic carbocycles. The molecule has 1 aliphatic rings. The number of rotatable bonds is 1. The molecule has 1 fully saturated rings. The number of nitrogens with zero attached hydrogens (tertiary/aromatic N) is 4. The molecule has 66 valence electrons. The van der Waals surface area contributed by atoms with E-state index in [1.807, 2.05) is 4.90 Å². The minimum Gasteiger partial charge on any atom is -0.411 e. The summed E-state index contributed by atoms with van der Waals surface area (Å²) in [6, 6.07) is 0.470. The number of aromatic nitrogens is 2. The summed E-state index contributed by atoms with van der Waals surface area (Å²) in [7, 11) is 2.08. The van der Waals surface area contributed by atoms with Gasteiger partial charge in [0.25, 0.3) is 0 Å². The normalized spacial score (nSPS) is 21.1. The van der Waals surface area contributed by atoms with E-state index in [-0.39, 0.29) is 6.37 Å². The molecule has 2 rings (SSSR count). The summed E-state index contributed by atoms with van der Waals surface area (Å²) in [5.74, 6) is 0. The molecular weight excluding hydrogens is 156 g/mol. The third-order valence-corrected chi connectivity index (χ3v) is 2.09. The number of hydrogen-bond donors (Lipinski definition) is 0. The Morgan fingerprint density at radius 3 is 2.83 bits per heavy atom. The smallest absolute Gasteiger partial charge is 0.318 e. The Morgan fingerprint density at radius 2 is 2.25 bits per heavy atom. The summed E-state index contributed by atoms with van der Waals surface area (Å²) in [5, 5.41) is 7.27. The van der Waals surface area contributed by atoms with Gasteiger partial charge in [0.2, 0.25) is 6.37 Å². The molecule has 0 bridgehead atoms. The average Bonchev–Trinajstić information content (AvgIpc) is 2.53. The molecule has 12 heavy (non-hydrogen) atoms. The first-order valence-corrected chi connectivity index (χ1v) is 3.99. The Labute approximate surface area is 72.4 Å². The third-order valence-electron chi connectivity index (χ3n) is 2.09. The van der Waals surface area contributed by atoms with Crippen LogP contribution in [0.1, 0.15) is 1.37 Å². The first kappa shape index (κ1) is 6.42. The van der Waals surface area contributed by atoms with Crippen LogP contribution in [0.15, 0.2) is 10.8 Å². The highest BCUT2D eigenvalue weighted by atomic mass is 16.4. The van der Waals surface area contributed by atoms with E-state index in [1.54, 1.807) is 0 Å². The van der Waals surface area contributed by atoms with E-state index in [0.717, 1.165) is 26.2 Å². The molecule has 1 aromatic heterocycles. The maximum Gasteiger partial charge on any atom is 0.318 e. The highest BCUT2D eigenvalue weighted by molar-refractivity contribution is 5.23. The lowest BCUT2D eigenvalue weighted by molar-refractivity contribution is 0.305. The van der Waals surface area contributed by atoms with E-state index in [9.17, 15) is 0 Å². The second-order valence-electron chi connectivity index (χ2n) is 2.97. The van der Waals surface area contributed by atoms with Crippen molar-refractivity contribution in [3.05, 3.63) is 6.37 Å². The van der Waals surface area contributed by atoms with Gasteiger partial charge in [-0.15, -0.1) is 5.10 Å². The highest BCUT2D eigenvalue weighted by Gasteiger charge is 2.17. The van der Waals surface area contributed by atoms with Gasteiger partial charge in [-0.1, -0.05) is 5.10 Å². The molecule has 5 heteroatoms. The molecule has 0 atom stereocenters. The molecule has 0 unspecified atom stereocenters. The van der Waals surface area contributed by atoms with Crippen LogP contribution in [0.4, 0.5) is 6.01 Å². The van der Waals surface area contributed by atoms with Gasteiger partial charge in [-0.25, -0.2) is 0 Å². The Bertz CT molecular complexity index is 282. The minimum absolute atomic E-state index is 0.117. The third kappa shape index (κ3) is 1.40. The number of anilines is 1. The fourth-order valence-corrected chi connectivity index (χ4v) is 1.27. The van der Waals surface area contributed by atoms with Gasteiger partial charge in [0, 0.05) is 26.2 Å². The summed E-state index contributed by atoms with van der Waals surface area (Å²) in [6.07, 6.45) is -0.117. The number of hydrogen-bond acceptors (Lipinski definition) is 5. The van der Waals surface area contributed by atoms with Crippen LogP contribution in [0, 0.1) is 0 Å². The Morgan fingerprint density at radius 1 is 1.50 bits per heavy atom. The largest absolute Gasteiger partial charge is 0.411 e. The lowest BCUT2D eigenvalue weighted by Gasteiger charge is -2.30. The zero-order valence-electron chi connectivity index (χ0n) is 8.03. The van der Waals surface area contributed by atoms with E-state index >= 15 is 0 Å². The highest BCUT2D eigenvalue weighted by Crippen LogP contribution is 2.10. The van der Waals surface area contributed by atoms with Crippen molar-refractivity contribution in [2.24, 2.45) is 0 Å². The molecular formula is C7H12N4O. The van der Waals surface area contributed by atoms with E-state index < -0.39 is 0 Å². The second-order valence-corrected chi connectivity index (χ2v) is 2.97. The number of likely N-dealkylation sites (N-methyl/N-ethyl adjacent to an activating group) is 1. The molecule has 0 aliphatic carbocycles. The van der Waals surface area contributed by atoms with Crippen LogP contribution in [0.3, 0.4) is 0 Å². The molecule has 1 aliphatic heterocycles. The summed E-state index contributed by atoms with van der Waals surface area (Å²) in [5.41, 5.74) is 0. The standard InChI is InChI=1S/C7H12N4O/c1-10-2-4-11(5-3-10)7-9-8-6-12-7/h6H,2-5H2,1H3/i6D. The van der Waals surface area contributed by atoms with Gasteiger partial charge in [-0.05, 0) is 7.05 Å². The maximum absolute atomic E-state index is 7.10. The lowest BCUT2D eigenvalue weighted by Crippen LogP contribution is -2.44. The van der Waals surface area contributed by atoms with Crippen molar-refractivity contribution in [2.75, 3.05) is 38.1 Å². The molecule has 2 heterocycles. The monoisotopic (exact) mass is 169 g/mol. The van der Waals surface area contributed by atoms with E-state index in [4.69, 9.17) is 5.79 Å². The first-order chi connectivity index (χ1) is 6.25. The molecule has 0 radical (unpaired) electrons. The second kappa shape index (κ2) is 3.10. The van der Waals surface area contributed by atoms with Gasteiger partial charge in [-0.3, -0.25) is 0 Å². The van der Waals surface area contributed by atoms with Crippen LogP contribution in [0.2, 0.25) is 0 Å². The van der Waals surface area contributed by atoms with Gasteiger partial charge >= 0.3 is 6.01 Å². The van der Waals surface area contributed by atoms with E-state index in [1.165, 1.54) is 0 Å². The summed E-state index contributed by atoms with van der Waals surface area (Å²) in [6.45, 7) is 3.77. The zero-order chi connectivity index (χ0) is 9.26. The van der Waals surface area contributed by atoms with Crippen molar-refractivity contribution in [1.82, 2.24) is 15.1 Å². The first-order valence-electron chi connectivity index (χ1n) is 4.49. The van der Waals surface area contributed by atoms with Crippen molar-refractivity contribution in [3.8, 4) is 0 Å². The van der Waals surface area contributed by atoms with Crippen molar-refractivity contribution >= 4 is 6.01 Å². The SMILES string of the molecule is [2H]c1nnc(N2CCN(C)CC2)o1. The Balaban J connectivity index is 2.02. The van der Waals surface area contributed by atoms with Crippen LogP contribution in [-0.2, 0) is 0 Å². The maximum atomic E-state index is 7.10. The molecule has 0 amide bonds. The molecule has 0 spiro atoms. The quantitative estimate of drug-likeness (QED) is 0.583. The average molecular weight is 169 g/mol. The molecule has 0 saturated carbocycles. The van der Waals surface area contributed by atoms with E-state index in [2.05, 4.69) is 22.1 Å². The van der Waals surface area contributed by atoms with Gasteiger partial charge < -0.3 is 14.2 Å². The van der Waals surface area contributed by atoms with Crippen molar-refractivity contribution in [1.29, 1.82) is 0 Å². The molecule has 1 saturated heterocycles. The Kier molecular flexibility index (Phi) is 1.66. The van der Waals surface area contributed by atoms with Crippen molar-refractivity contribution < 1.29 is 5.79 Å². The predicted molar refractivity (Wildman–Crippen MR) is 44.0 cm³/mol. The molecule has 0 N–H and O–H groups in total. The predicted octanol–water partition coefficient (Wildman–Crippen LogP) is -0.179. The number of piperazine rings is 1. The lowest BCUT2D eigenvalue weighted by atomic mass is 10.3. The van der Waals surface area contributed by atoms with Gasteiger partial charge in [-0.2, -0.15) is 0 Å². The van der Waals surface area contributed by atoms with Gasteiger partial charge in [0.05, 0.1) is 0 Å².